The van der Waals surface area contributed by atoms with Gasteiger partial charge in [0, 0.05) is 0 Å². The minimum Gasteiger partial charge on any atom is -0.479 e. The van der Waals surface area contributed by atoms with Gasteiger partial charge in [-0.3, -0.25) is 0 Å². The molecular weight excluding hydrogens is 272 g/mol. The van der Waals surface area contributed by atoms with E-state index in [0.29, 0.717) is 0 Å². The van der Waals surface area contributed by atoms with Crippen LogP contribution in [0.2, 0.25) is 10.0 Å². The van der Waals surface area contributed by atoms with Crippen molar-refractivity contribution in [1.29, 1.82) is 0 Å². The van der Waals surface area contributed by atoms with Crippen LogP contribution in [-0.4, -0.2) is 16.2 Å². The summed E-state index contributed by atoms with van der Waals surface area (Å²) in [6.45, 7) is 0. The Balaban J connectivity index is 3.57. The number of aliphatic hydroxyl groups is 1. The fourth-order valence-electron chi connectivity index (χ4n) is 0.985. The number of carboxylic acid groups (broad SMARTS) is 1. The molecule has 0 fully saturated rings. The molecule has 1 aromatic carbocycles. The van der Waals surface area contributed by atoms with Gasteiger partial charge in [-0.2, -0.15) is 0 Å². The molecule has 1 aromatic rings. The molecule has 0 aliphatic carbocycles. The summed E-state index contributed by atoms with van der Waals surface area (Å²) in [5, 5.41) is 15.0. The second-order valence-corrected chi connectivity index (χ2v) is 3.48. The quantitative estimate of drug-likeness (QED) is 0.644. The molecule has 8 heteroatoms. The van der Waals surface area contributed by atoms with Crippen molar-refractivity contribution in [2.45, 2.75) is 6.10 Å². The molecule has 0 heterocycles. The number of hydrogen-bond donors (Lipinski definition) is 2. The van der Waals surface area contributed by atoms with Gasteiger partial charge in [-0.1, -0.05) is 23.2 Å². The molecule has 0 bridgehead atoms. The molecule has 0 aliphatic heterocycles. The van der Waals surface area contributed by atoms with E-state index in [9.17, 15) is 18.0 Å². The summed E-state index contributed by atoms with van der Waals surface area (Å²) in [6.07, 6.45) is -2.43. The number of rotatable bonds is 2. The molecule has 0 amide bonds. The predicted molar refractivity (Wildman–Crippen MR) is 48.9 cm³/mol. The van der Waals surface area contributed by atoms with E-state index in [1.165, 1.54) is 0 Å². The number of aliphatic hydroxyl groups excluding tert-OH is 1. The van der Waals surface area contributed by atoms with Gasteiger partial charge in [0.05, 0.1) is 10.6 Å². The first-order chi connectivity index (χ1) is 7.29. The molecule has 88 valence electrons. The van der Waals surface area contributed by atoms with E-state index in [4.69, 9.17) is 33.4 Å². The highest BCUT2D eigenvalue weighted by molar-refractivity contribution is 6.34. The lowest BCUT2D eigenvalue weighted by molar-refractivity contribution is -0.147. The zero-order chi connectivity index (χ0) is 12.6. The Morgan fingerprint density at radius 1 is 1.06 bits per heavy atom. The lowest BCUT2D eigenvalue weighted by atomic mass is 10.1. The molecule has 1 atom stereocenters. The number of hydrogen-bond acceptors (Lipinski definition) is 2. The first-order valence-electron chi connectivity index (χ1n) is 3.71. The lowest BCUT2D eigenvalue weighted by Crippen LogP contribution is -2.14. The zero-order valence-corrected chi connectivity index (χ0v) is 8.78. The van der Waals surface area contributed by atoms with Crippen LogP contribution < -0.4 is 0 Å². The summed E-state index contributed by atoms with van der Waals surface area (Å²) < 4.78 is 39.1. The van der Waals surface area contributed by atoms with Crippen molar-refractivity contribution in [2.75, 3.05) is 0 Å². The largest absolute Gasteiger partial charge is 0.479 e. The number of benzene rings is 1. The fourth-order valence-corrected chi connectivity index (χ4v) is 1.44. The van der Waals surface area contributed by atoms with Crippen molar-refractivity contribution in [3.05, 3.63) is 33.1 Å². The Hall–Kier alpha value is -0.980. The average molecular weight is 275 g/mol. The molecule has 1 rings (SSSR count). The summed E-state index contributed by atoms with van der Waals surface area (Å²) >= 11 is 10.2. The maximum absolute atomic E-state index is 13.3. The van der Waals surface area contributed by atoms with Gasteiger partial charge in [0.15, 0.2) is 23.6 Å². The molecule has 0 saturated heterocycles. The zero-order valence-electron chi connectivity index (χ0n) is 7.27. The number of aliphatic carboxylic acids is 1. The standard InChI is InChI=1S/C8H3Cl2F3O3/c9-2-1(7(14)8(15)16)4(11)3(10)6(13)5(2)12/h7,14H,(H,15,16). The van der Waals surface area contributed by atoms with Crippen molar-refractivity contribution < 1.29 is 28.2 Å². The molecule has 0 aliphatic rings. The molecule has 3 nitrogen and oxygen atoms in total. The minimum atomic E-state index is -2.43. The van der Waals surface area contributed by atoms with Crippen LogP contribution >= 0.6 is 23.2 Å². The van der Waals surface area contributed by atoms with E-state index in [2.05, 4.69) is 0 Å². The van der Waals surface area contributed by atoms with Crippen LogP contribution in [0.25, 0.3) is 0 Å². The Morgan fingerprint density at radius 2 is 1.50 bits per heavy atom. The molecule has 2 N–H and O–H groups in total. The smallest absolute Gasteiger partial charge is 0.337 e. The summed E-state index contributed by atoms with van der Waals surface area (Å²) in [6, 6.07) is 0. The van der Waals surface area contributed by atoms with Crippen LogP contribution in [0.15, 0.2) is 0 Å². The van der Waals surface area contributed by atoms with E-state index in [-0.39, 0.29) is 0 Å². The molecular formula is C8H3Cl2F3O3. The van der Waals surface area contributed by atoms with Gasteiger partial charge in [0.2, 0.25) is 0 Å². The van der Waals surface area contributed by atoms with Crippen LogP contribution in [0.4, 0.5) is 13.2 Å². The molecule has 16 heavy (non-hydrogen) atoms. The monoisotopic (exact) mass is 274 g/mol. The van der Waals surface area contributed by atoms with Crippen molar-refractivity contribution in [1.82, 2.24) is 0 Å². The van der Waals surface area contributed by atoms with Crippen LogP contribution in [0, 0.1) is 17.5 Å². The Labute approximate surface area is 97.0 Å². The van der Waals surface area contributed by atoms with E-state index in [1.54, 1.807) is 0 Å². The Kier molecular flexibility index (Phi) is 3.67. The summed E-state index contributed by atoms with van der Waals surface area (Å²) in [4.78, 5) is 10.4. The summed E-state index contributed by atoms with van der Waals surface area (Å²) in [7, 11) is 0. The topological polar surface area (TPSA) is 57.5 Å². The highest BCUT2D eigenvalue weighted by atomic mass is 35.5. The third-order valence-electron chi connectivity index (χ3n) is 1.75. The first-order valence-corrected chi connectivity index (χ1v) is 4.46. The minimum absolute atomic E-state index is 1.11. The van der Waals surface area contributed by atoms with Crippen molar-refractivity contribution in [3.8, 4) is 0 Å². The van der Waals surface area contributed by atoms with E-state index >= 15 is 0 Å². The van der Waals surface area contributed by atoms with Gasteiger partial charge in [-0.15, -0.1) is 0 Å². The van der Waals surface area contributed by atoms with E-state index in [1.807, 2.05) is 0 Å². The average Bonchev–Trinajstić information content (AvgIpc) is 2.23. The third kappa shape index (κ3) is 1.95. The van der Waals surface area contributed by atoms with Crippen molar-refractivity contribution in [2.24, 2.45) is 0 Å². The molecule has 0 saturated carbocycles. The highest BCUT2D eigenvalue weighted by Gasteiger charge is 2.30. The predicted octanol–water partition coefficient (Wildman–Crippen LogP) is 2.53. The van der Waals surface area contributed by atoms with E-state index < -0.39 is 45.1 Å². The molecule has 0 radical (unpaired) electrons. The van der Waals surface area contributed by atoms with E-state index in [0.717, 1.165) is 0 Å². The van der Waals surface area contributed by atoms with Gasteiger partial charge in [-0.05, 0) is 0 Å². The fraction of sp³-hybridized carbons (Fsp3) is 0.125. The summed E-state index contributed by atoms with van der Waals surface area (Å²) in [5.74, 6) is -6.95. The van der Waals surface area contributed by atoms with Gasteiger partial charge >= 0.3 is 5.97 Å². The van der Waals surface area contributed by atoms with Crippen LogP contribution in [0.1, 0.15) is 11.7 Å². The second-order valence-electron chi connectivity index (χ2n) is 2.72. The molecule has 0 aromatic heterocycles. The maximum Gasteiger partial charge on any atom is 0.337 e. The Bertz CT molecular complexity index is 435. The van der Waals surface area contributed by atoms with Crippen molar-refractivity contribution >= 4 is 29.2 Å². The SMILES string of the molecule is O=C(O)C(O)c1c(F)c(Cl)c(F)c(F)c1Cl. The molecule has 0 spiro atoms. The van der Waals surface area contributed by atoms with Gasteiger partial charge < -0.3 is 10.2 Å². The second kappa shape index (κ2) is 4.48. The first kappa shape index (κ1) is 13.1. The highest BCUT2D eigenvalue weighted by Crippen LogP contribution is 2.35. The number of halogens is 5. The maximum atomic E-state index is 13.3. The van der Waals surface area contributed by atoms with Gasteiger partial charge in [0.25, 0.3) is 0 Å². The molecule has 1 unspecified atom stereocenters. The normalized spacial score (nSPS) is 12.6. The summed E-state index contributed by atoms with van der Waals surface area (Å²) in [5.41, 5.74) is -1.11. The third-order valence-corrected chi connectivity index (χ3v) is 2.45. The van der Waals surface area contributed by atoms with Gasteiger partial charge in [-0.25, -0.2) is 18.0 Å². The van der Waals surface area contributed by atoms with Crippen LogP contribution in [0.3, 0.4) is 0 Å². The van der Waals surface area contributed by atoms with Crippen LogP contribution in [0.5, 0.6) is 0 Å². The van der Waals surface area contributed by atoms with Crippen molar-refractivity contribution in [3.63, 3.8) is 0 Å². The Morgan fingerprint density at radius 3 is 1.94 bits per heavy atom. The number of carbonyl (C=O) groups is 1. The van der Waals surface area contributed by atoms with Gasteiger partial charge in [0.1, 0.15) is 5.02 Å². The number of carboxylic acids is 1. The lowest BCUT2D eigenvalue weighted by Gasteiger charge is -2.12. The van der Waals surface area contributed by atoms with Crippen LogP contribution in [-0.2, 0) is 4.79 Å².